The second-order valence-electron chi connectivity index (χ2n) is 1.89. The van der Waals surface area contributed by atoms with Crippen molar-refractivity contribution >= 4 is 44.5 Å². The molecule has 0 unspecified atom stereocenters. The van der Waals surface area contributed by atoms with E-state index < -0.39 is 0 Å². The molecular formula is C7H6Br2S. The molecule has 0 nitrogen and oxygen atoms in total. The van der Waals surface area contributed by atoms with Gasteiger partial charge in [0.2, 0.25) is 0 Å². The summed E-state index contributed by atoms with van der Waals surface area (Å²) in [6.45, 7) is 0. The fraction of sp³-hybridized carbons (Fsp3) is 0.143. The van der Waals surface area contributed by atoms with Gasteiger partial charge in [-0.1, -0.05) is 37.9 Å². The number of halogens is 2. The molecule has 3 heteroatoms. The van der Waals surface area contributed by atoms with Crippen LogP contribution in [0.4, 0.5) is 0 Å². The van der Waals surface area contributed by atoms with Gasteiger partial charge in [-0.15, -0.1) is 0 Å². The molecule has 0 spiro atoms. The van der Waals surface area contributed by atoms with Crippen molar-refractivity contribution in [3.05, 3.63) is 32.7 Å². The molecule has 0 atom stereocenters. The molecule has 0 saturated heterocycles. The van der Waals surface area contributed by atoms with Gasteiger partial charge >= 0.3 is 0 Å². The SMILES string of the molecule is SCc1ccc(Br)cc1Br. The Bertz CT molecular complexity index is 235. The number of hydrogen-bond acceptors (Lipinski definition) is 1. The molecular weight excluding hydrogens is 276 g/mol. The van der Waals surface area contributed by atoms with Gasteiger partial charge in [-0.3, -0.25) is 0 Å². The van der Waals surface area contributed by atoms with Gasteiger partial charge in [0, 0.05) is 14.7 Å². The predicted molar refractivity (Wildman–Crippen MR) is 54.5 cm³/mol. The van der Waals surface area contributed by atoms with Crippen molar-refractivity contribution in [2.24, 2.45) is 0 Å². The topological polar surface area (TPSA) is 0 Å². The fourth-order valence-electron chi connectivity index (χ4n) is 0.650. The van der Waals surface area contributed by atoms with E-state index in [1.54, 1.807) is 0 Å². The second kappa shape index (κ2) is 3.79. The van der Waals surface area contributed by atoms with Crippen LogP contribution >= 0.6 is 44.5 Å². The van der Waals surface area contributed by atoms with E-state index in [2.05, 4.69) is 44.5 Å². The molecule has 0 aromatic heterocycles. The van der Waals surface area contributed by atoms with Crippen LogP contribution in [0.1, 0.15) is 5.56 Å². The van der Waals surface area contributed by atoms with Gasteiger partial charge in [-0.2, -0.15) is 12.6 Å². The first-order valence-corrected chi connectivity index (χ1v) is 5.00. The third kappa shape index (κ3) is 2.01. The van der Waals surface area contributed by atoms with Crippen LogP contribution in [0.2, 0.25) is 0 Å². The van der Waals surface area contributed by atoms with E-state index in [0.717, 1.165) is 14.7 Å². The van der Waals surface area contributed by atoms with E-state index in [1.165, 1.54) is 5.56 Å². The largest absolute Gasteiger partial charge is 0.175 e. The van der Waals surface area contributed by atoms with E-state index in [1.807, 2.05) is 18.2 Å². The zero-order valence-electron chi connectivity index (χ0n) is 5.14. The van der Waals surface area contributed by atoms with Crippen molar-refractivity contribution in [2.75, 3.05) is 0 Å². The molecule has 0 N–H and O–H groups in total. The highest BCUT2D eigenvalue weighted by molar-refractivity contribution is 9.11. The quantitative estimate of drug-likeness (QED) is 0.747. The smallest absolute Gasteiger partial charge is 0.0226 e. The van der Waals surface area contributed by atoms with E-state index in [4.69, 9.17) is 0 Å². The van der Waals surface area contributed by atoms with E-state index >= 15 is 0 Å². The number of hydrogen-bond donors (Lipinski definition) is 1. The van der Waals surface area contributed by atoms with Crippen molar-refractivity contribution in [3.8, 4) is 0 Å². The molecule has 0 radical (unpaired) electrons. The number of rotatable bonds is 1. The molecule has 0 bridgehead atoms. The minimum absolute atomic E-state index is 0.772. The normalized spacial score (nSPS) is 9.90. The Balaban J connectivity index is 3.07. The van der Waals surface area contributed by atoms with E-state index in [9.17, 15) is 0 Å². The maximum absolute atomic E-state index is 4.17. The second-order valence-corrected chi connectivity index (χ2v) is 3.98. The highest BCUT2D eigenvalue weighted by Crippen LogP contribution is 2.22. The zero-order chi connectivity index (χ0) is 7.56. The molecule has 1 rings (SSSR count). The van der Waals surface area contributed by atoms with Crippen molar-refractivity contribution in [3.63, 3.8) is 0 Å². The summed E-state index contributed by atoms with van der Waals surface area (Å²) < 4.78 is 2.20. The van der Waals surface area contributed by atoms with Gasteiger partial charge in [0.25, 0.3) is 0 Å². The van der Waals surface area contributed by atoms with E-state index in [-0.39, 0.29) is 0 Å². The van der Waals surface area contributed by atoms with Crippen LogP contribution in [0.5, 0.6) is 0 Å². The lowest BCUT2D eigenvalue weighted by atomic mass is 10.2. The lowest BCUT2D eigenvalue weighted by molar-refractivity contribution is 1.38. The van der Waals surface area contributed by atoms with Gasteiger partial charge in [-0.05, 0) is 17.7 Å². The molecule has 54 valence electrons. The monoisotopic (exact) mass is 280 g/mol. The van der Waals surface area contributed by atoms with Crippen LogP contribution in [0.15, 0.2) is 27.1 Å². The Kier molecular flexibility index (Phi) is 3.27. The molecule has 0 aliphatic carbocycles. The Morgan fingerprint density at radius 3 is 2.50 bits per heavy atom. The summed E-state index contributed by atoms with van der Waals surface area (Å²) in [5.74, 6) is 0.772. The first kappa shape index (κ1) is 8.62. The van der Waals surface area contributed by atoms with Crippen LogP contribution in [-0.2, 0) is 5.75 Å². The molecule has 0 saturated carbocycles. The summed E-state index contributed by atoms with van der Waals surface area (Å²) in [4.78, 5) is 0. The summed E-state index contributed by atoms with van der Waals surface area (Å²) >= 11 is 11.0. The molecule has 1 aromatic rings. The van der Waals surface area contributed by atoms with Crippen molar-refractivity contribution < 1.29 is 0 Å². The van der Waals surface area contributed by atoms with Gasteiger partial charge in [0.1, 0.15) is 0 Å². The Labute approximate surface area is 82.7 Å². The Morgan fingerprint density at radius 2 is 2.00 bits per heavy atom. The zero-order valence-corrected chi connectivity index (χ0v) is 9.21. The van der Waals surface area contributed by atoms with Gasteiger partial charge in [-0.25, -0.2) is 0 Å². The van der Waals surface area contributed by atoms with Gasteiger partial charge in [0.15, 0.2) is 0 Å². The average Bonchev–Trinajstić information content (AvgIpc) is 1.88. The minimum atomic E-state index is 0.772. The lowest BCUT2D eigenvalue weighted by Crippen LogP contribution is -1.78. The maximum atomic E-state index is 4.17. The van der Waals surface area contributed by atoms with Gasteiger partial charge < -0.3 is 0 Å². The standard InChI is InChI=1S/C7H6Br2S/c8-6-2-1-5(4-10)7(9)3-6/h1-3,10H,4H2. The summed E-state index contributed by atoms with van der Waals surface area (Å²) in [6, 6.07) is 6.07. The molecule has 0 heterocycles. The fourth-order valence-corrected chi connectivity index (χ4v) is 2.33. The maximum Gasteiger partial charge on any atom is 0.0226 e. The van der Waals surface area contributed by atoms with Crippen LogP contribution in [0, 0.1) is 0 Å². The summed E-state index contributed by atoms with van der Waals surface area (Å²) in [6.07, 6.45) is 0. The minimum Gasteiger partial charge on any atom is -0.175 e. The molecule has 0 aliphatic heterocycles. The third-order valence-electron chi connectivity index (χ3n) is 1.19. The van der Waals surface area contributed by atoms with Crippen LogP contribution in [0.3, 0.4) is 0 Å². The van der Waals surface area contributed by atoms with Crippen molar-refractivity contribution in [1.29, 1.82) is 0 Å². The average molecular weight is 282 g/mol. The highest BCUT2D eigenvalue weighted by Gasteiger charge is 1.96. The van der Waals surface area contributed by atoms with Gasteiger partial charge in [0.05, 0.1) is 0 Å². The van der Waals surface area contributed by atoms with E-state index in [0.29, 0.717) is 0 Å². The van der Waals surface area contributed by atoms with Crippen LogP contribution < -0.4 is 0 Å². The number of thiol groups is 1. The summed E-state index contributed by atoms with van der Waals surface area (Å²) in [5.41, 5.74) is 1.21. The molecule has 10 heavy (non-hydrogen) atoms. The van der Waals surface area contributed by atoms with Crippen molar-refractivity contribution in [1.82, 2.24) is 0 Å². The van der Waals surface area contributed by atoms with Crippen molar-refractivity contribution in [2.45, 2.75) is 5.75 Å². The first-order valence-electron chi connectivity index (χ1n) is 2.79. The summed E-state index contributed by atoms with van der Waals surface area (Å²) in [7, 11) is 0. The highest BCUT2D eigenvalue weighted by atomic mass is 79.9. The van der Waals surface area contributed by atoms with Crippen LogP contribution in [0.25, 0.3) is 0 Å². The Hall–Kier alpha value is 0.530. The molecule has 1 aromatic carbocycles. The lowest BCUT2D eigenvalue weighted by Gasteiger charge is -1.99. The molecule has 0 amide bonds. The first-order chi connectivity index (χ1) is 4.74. The predicted octanol–water partition coefficient (Wildman–Crippen LogP) is 3.64. The summed E-state index contributed by atoms with van der Waals surface area (Å²) in [5, 5.41) is 0. The Morgan fingerprint density at radius 1 is 1.30 bits per heavy atom. The third-order valence-corrected chi connectivity index (χ3v) is 2.76. The molecule has 0 fully saturated rings. The molecule has 0 aliphatic rings. The van der Waals surface area contributed by atoms with Crippen LogP contribution in [-0.4, -0.2) is 0 Å². The number of benzene rings is 1.